The lowest BCUT2D eigenvalue weighted by molar-refractivity contribution is -0.149. The third-order valence-electron chi connectivity index (χ3n) is 4.49. The summed E-state index contributed by atoms with van der Waals surface area (Å²) in [4.78, 5) is 37.1. The van der Waals surface area contributed by atoms with Crippen LogP contribution in [0.2, 0.25) is 0 Å². The van der Waals surface area contributed by atoms with Gasteiger partial charge in [-0.15, -0.1) is 11.6 Å². The second-order valence-corrected chi connectivity index (χ2v) is 9.50. The number of thioether (sulfide) groups is 2. The molecular formula is C22H32ClNO5S2. The van der Waals surface area contributed by atoms with Gasteiger partial charge in [-0.25, -0.2) is 4.79 Å². The molecular weight excluding hydrogens is 458 g/mol. The number of esters is 1. The fraction of sp³-hybridized carbons (Fsp3) is 0.591. The van der Waals surface area contributed by atoms with Gasteiger partial charge < -0.3 is 14.8 Å². The number of nitrogens with one attached hydrogen (secondary N) is 1. The number of ether oxygens (including phenoxy) is 2. The molecule has 0 fully saturated rings. The van der Waals surface area contributed by atoms with Gasteiger partial charge in [-0.05, 0) is 42.9 Å². The minimum absolute atomic E-state index is 0.0436. The third kappa shape index (κ3) is 11.8. The summed E-state index contributed by atoms with van der Waals surface area (Å²) in [5.41, 5.74) is 2.13. The number of benzene rings is 1. The monoisotopic (exact) mass is 489 g/mol. The first-order valence-corrected chi connectivity index (χ1v) is 13.1. The zero-order chi connectivity index (χ0) is 23.1. The highest BCUT2D eigenvalue weighted by Gasteiger charge is 2.27. The first kappa shape index (κ1) is 27.8. The molecule has 1 aromatic carbocycles. The average molecular weight is 490 g/mol. The third-order valence-corrected chi connectivity index (χ3v) is 6.27. The van der Waals surface area contributed by atoms with Gasteiger partial charge in [0, 0.05) is 18.6 Å². The van der Waals surface area contributed by atoms with Gasteiger partial charge in [0.2, 0.25) is 5.91 Å². The highest BCUT2D eigenvalue weighted by atomic mass is 35.5. The van der Waals surface area contributed by atoms with E-state index in [2.05, 4.69) is 5.32 Å². The van der Waals surface area contributed by atoms with E-state index in [1.54, 1.807) is 11.8 Å². The number of hydrogen-bond acceptors (Lipinski definition) is 7. The van der Waals surface area contributed by atoms with Crippen molar-refractivity contribution in [2.45, 2.75) is 32.7 Å². The molecule has 0 aliphatic carbocycles. The van der Waals surface area contributed by atoms with Crippen molar-refractivity contribution in [1.29, 1.82) is 0 Å². The molecule has 2 atom stereocenters. The molecule has 1 N–H and O–H groups in total. The van der Waals surface area contributed by atoms with Crippen LogP contribution in [0, 0.1) is 12.8 Å². The van der Waals surface area contributed by atoms with E-state index >= 15 is 0 Å². The fourth-order valence-corrected chi connectivity index (χ4v) is 4.07. The van der Waals surface area contributed by atoms with Crippen LogP contribution in [0.15, 0.2) is 24.3 Å². The van der Waals surface area contributed by atoms with Gasteiger partial charge in [0.05, 0.1) is 19.1 Å². The molecule has 31 heavy (non-hydrogen) atoms. The zero-order valence-corrected chi connectivity index (χ0v) is 20.7. The Balaban J connectivity index is 2.80. The van der Waals surface area contributed by atoms with Crippen molar-refractivity contribution in [3.05, 3.63) is 35.4 Å². The van der Waals surface area contributed by atoms with Crippen molar-refractivity contribution in [2.75, 3.05) is 43.5 Å². The van der Waals surface area contributed by atoms with Crippen LogP contribution in [0.5, 0.6) is 0 Å². The van der Waals surface area contributed by atoms with Gasteiger partial charge in [0.1, 0.15) is 12.6 Å². The van der Waals surface area contributed by atoms with Crippen molar-refractivity contribution in [3.8, 4) is 0 Å². The van der Waals surface area contributed by atoms with Crippen molar-refractivity contribution < 1.29 is 23.9 Å². The Morgan fingerprint density at radius 3 is 2.55 bits per heavy atom. The highest BCUT2D eigenvalue weighted by molar-refractivity contribution is 8.13. The van der Waals surface area contributed by atoms with E-state index in [1.807, 2.05) is 37.4 Å². The summed E-state index contributed by atoms with van der Waals surface area (Å²) >= 11 is 8.25. The maximum Gasteiger partial charge on any atom is 0.328 e. The molecule has 0 aliphatic heterocycles. The summed E-state index contributed by atoms with van der Waals surface area (Å²) in [5, 5.41) is 2.81. The Morgan fingerprint density at radius 1 is 1.16 bits per heavy atom. The Hall–Kier alpha value is -1.22. The number of aryl methyl sites for hydroxylation is 1. The van der Waals surface area contributed by atoms with Crippen LogP contribution in [0.3, 0.4) is 0 Å². The number of alkyl halides is 1. The molecule has 1 unspecified atom stereocenters. The molecule has 1 amide bonds. The van der Waals surface area contributed by atoms with Crippen LogP contribution in [0.25, 0.3) is 0 Å². The molecule has 0 saturated heterocycles. The Bertz CT molecular complexity index is 704. The molecule has 0 bridgehead atoms. The van der Waals surface area contributed by atoms with Gasteiger partial charge in [-0.3, -0.25) is 9.59 Å². The molecule has 0 radical (unpaired) electrons. The summed E-state index contributed by atoms with van der Waals surface area (Å²) in [6.07, 6.45) is 2.90. The van der Waals surface area contributed by atoms with Crippen LogP contribution in [-0.4, -0.2) is 66.5 Å². The first-order valence-electron chi connectivity index (χ1n) is 10.2. The van der Waals surface area contributed by atoms with Gasteiger partial charge in [-0.1, -0.05) is 36.0 Å². The van der Waals surface area contributed by atoms with Gasteiger partial charge >= 0.3 is 5.97 Å². The summed E-state index contributed by atoms with van der Waals surface area (Å²) in [6.45, 7) is 4.23. The lowest BCUT2D eigenvalue weighted by atomic mass is 9.96. The fourth-order valence-electron chi connectivity index (χ4n) is 2.78. The van der Waals surface area contributed by atoms with Crippen molar-refractivity contribution in [3.63, 3.8) is 0 Å². The largest absolute Gasteiger partial charge is 0.462 e. The molecule has 174 valence electrons. The average Bonchev–Trinajstić information content (AvgIpc) is 2.74. The molecule has 0 spiro atoms. The van der Waals surface area contributed by atoms with Crippen LogP contribution in [-0.2, 0) is 30.3 Å². The van der Waals surface area contributed by atoms with Crippen molar-refractivity contribution >= 4 is 52.1 Å². The predicted molar refractivity (Wildman–Crippen MR) is 129 cm³/mol. The van der Waals surface area contributed by atoms with E-state index in [9.17, 15) is 14.4 Å². The van der Waals surface area contributed by atoms with E-state index in [0.29, 0.717) is 36.8 Å². The molecule has 9 heteroatoms. The molecule has 1 rings (SSSR count). The van der Waals surface area contributed by atoms with Gasteiger partial charge in [0.25, 0.3) is 0 Å². The molecule has 0 heterocycles. The number of amides is 1. The number of carbonyl (C=O) groups excluding carboxylic acids is 3. The van der Waals surface area contributed by atoms with E-state index in [4.69, 9.17) is 21.1 Å². The second kappa shape index (κ2) is 16.4. The summed E-state index contributed by atoms with van der Waals surface area (Å²) in [6, 6.07) is 7.11. The van der Waals surface area contributed by atoms with Crippen LogP contribution in [0.4, 0.5) is 0 Å². The van der Waals surface area contributed by atoms with Crippen molar-refractivity contribution in [2.24, 2.45) is 5.92 Å². The topological polar surface area (TPSA) is 81.7 Å². The lowest BCUT2D eigenvalue weighted by Crippen LogP contribution is -2.46. The number of halogens is 1. The SMILES string of the molecule is CSCC[C@H](NC(=O)C(CSC(C)=O)Cc1ccccc1C)C(=O)OCCOCCCl. The molecule has 1 aromatic rings. The smallest absolute Gasteiger partial charge is 0.328 e. The number of carbonyl (C=O) groups is 3. The minimum atomic E-state index is -0.741. The van der Waals surface area contributed by atoms with Crippen LogP contribution < -0.4 is 5.32 Å². The number of hydrogen-bond donors (Lipinski definition) is 1. The van der Waals surface area contributed by atoms with E-state index in [-0.39, 0.29) is 24.2 Å². The minimum Gasteiger partial charge on any atom is -0.462 e. The maximum absolute atomic E-state index is 13.1. The van der Waals surface area contributed by atoms with E-state index in [0.717, 1.165) is 22.9 Å². The summed E-state index contributed by atoms with van der Waals surface area (Å²) in [7, 11) is 0. The van der Waals surface area contributed by atoms with E-state index < -0.39 is 17.9 Å². The molecule has 0 saturated carbocycles. The number of rotatable bonds is 15. The van der Waals surface area contributed by atoms with Gasteiger partial charge in [0.15, 0.2) is 5.12 Å². The Morgan fingerprint density at radius 2 is 1.90 bits per heavy atom. The Labute approximate surface area is 198 Å². The molecule has 0 aromatic heterocycles. The summed E-state index contributed by atoms with van der Waals surface area (Å²) < 4.78 is 10.5. The van der Waals surface area contributed by atoms with Gasteiger partial charge in [-0.2, -0.15) is 11.8 Å². The molecule has 0 aliphatic rings. The van der Waals surface area contributed by atoms with Crippen molar-refractivity contribution in [1.82, 2.24) is 5.32 Å². The lowest BCUT2D eigenvalue weighted by Gasteiger charge is -2.22. The van der Waals surface area contributed by atoms with Crippen LogP contribution in [0.1, 0.15) is 24.5 Å². The Kier molecular flexibility index (Phi) is 14.7. The maximum atomic E-state index is 13.1. The summed E-state index contributed by atoms with van der Waals surface area (Å²) in [5.74, 6) is 0.260. The quantitative estimate of drug-likeness (QED) is 0.229. The zero-order valence-electron chi connectivity index (χ0n) is 18.4. The standard InChI is InChI=1S/C22H32ClNO5S2/c1-16-6-4-5-7-18(16)14-19(15-31-17(2)25)21(26)24-20(8-13-30-3)22(27)29-12-11-28-10-9-23/h4-7,19-20H,8-15H2,1-3H3,(H,24,26)/t19?,20-/m0/s1. The van der Waals surface area contributed by atoms with Crippen LogP contribution >= 0.6 is 35.1 Å². The molecule has 6 nitrogen and oxygen atoms in total. The first-order chi connectivity index (χ1) is 14.9. The predicted octanol–water partition coefficient (Wildman–Crippen LogP) is 3.47. The normalized spacial score (nSPS) is 12.8. The van der Waals surface area contributed by atoms with E-state index in [1.165, 1.54) is 6.92 Å². The second-order valence-electron chi connectivity index (χ2n) is 6.94. The highest BCUT2D eigenvalue weighted by Crippen LogP contribution is 2.19.